The van der Waals surface area contributed by atoms with Gasteiger partial charge in [-0.1, -0.05) is 12.1 Å². The van der Waals surface area contributed by atoms with E-state index in [2.05, 4.69) is 5.32 Å². The van der Waals surface area contributed by atoms with Gasteiger partial charge in [0, 0.05) is 12.6 Å². The van der Waals surface area contributed by atoms with Crippen molar-refractivity contribution in [1.29, 1.82) is 0 Å². The average Bonchev–Trinajstić information content (AvgIpc) is 3.15. The Labute approximate surface area is 153 Å². The second-order valence-corrected chi connectivity index (χ2v) is 6.27. The summed E-state index contributed by atoms with van der Waals surface area (Å²) in [5.41, 5.74) is 0. The lowest BCUT2D eigenvalue weighted by Crippen LogP contribution is -2.38. The molecule has 0 saturated carbocycles. The van der Waals surface area contributed by atoms with Crippen LogP contribution >= 0.6 is 0 Å². The van der Waals surface area contributed by atoms with E-state index in [-0.39, 0.29) is 12.9 Å². The Morgan fingerprint density at radius 2 is 1.77 bits per heavy atom. The summed E-state index contributed by atoms with van der Waals surface area (Å²) < 4.78 is 28.0. The van der Waals surface area contributed by atoms with Crippen LogP contribution in [0.2, 0.25) is 0 Å². The van der Waals surface area contributed by atoms with Crippen molar-refractivity contribution in [3.8, 4) is 28.7 Å². The third-order valence-electron chi connectivity index (χ3n) is 4.30. The molecule has 26 heavy (non-hydrogen) atoms. The fourth-order valence-corrected chi connectivity index (χ4v) is 2.94. The van der Waals surface area contributed by atoms with Gasteiger partial charge in [0.25, 0.3) is 0 Å². The number of benzene rings is 2. The van der Waals surface area contributed by atoms with Crippen LogP contribution in [0, 0.1) is 0 Å². The molecule has 0 saturated heterocycles. The second kappa shape index (κ2) is 8.19. The number of fused-ring (bicyclic) bond motifs is 2. The molecule has 2 aliphatic rings. The van der Waals surface area contributed by atoms with Gasteiger partial charge in [-0.25, -0.2) is 0 Å². The molecule has 0 spiro atoms. The molecule has 1 unspecified atom stereocenters. The highest BCUT2D eigenvalue weighted by atomic mass is 16.7. The summed E-state index contributed by atoms with van der Waals surface area (Å²) in [5, 5.41) is 3.42. The third kappa shape index (κ3) is 4.14. The molecule has 0 radical (unpaired) electrons. The minimum atomic E-state index is 0.0507. The van der Waals surface area contributed by atoms with Gasteiger partial charge in [-0.3, -0.25) is 0 Å². The zero-order valence-corrected chi connectivity index (χ0v) is 14.6. The summed E-state index contributed by atoms with van der Waals surface area (Å²) in [7, 11) is 0. The molecule has 2 aromatic rings. The SMILES string of the molecule is c1ccc2c(c1)OCC(CNCCCCOc1ccc3c(c1)OCO3)O2. The summed E-state index contributed by atoms with van der Waals surface area (Å²) in [6.45, 7) is 3.24. The van der Waals surface area contributed by atoms with Crippen molar-refractivity contribution in [2.75, 3.05) is 33.1 Å². The average molecular weight is 357 g/mol. The van der Waals surface area contributed by atoms with Crippen molar-refractivity contribution in [1.82, 2.24) is 5.32 Å². The highest BCUT2D eigenvalue weighted by Crippen LogP contribution is 2.35. The van der Waals surface area contributed by atoms with E-state index in [0.717, 1.165) is 54.7 Å². The van der Waals surface area contributed by atoms with Crippen LogP contribution in [-0.2, 0) is 0 Å². The van der Waals surface area contributed by atoms with Crippen molar-refractivity contribution in [3.63, 3.8) is 0 Å². The van der Waals surface area contributed by atoms with Crippen LogP contribution in [0.3, 0.4) is 0 Å². The molecule has 2 aromatic carbocycles. The van der Waals surface area contributed by atoms with E-state index in [1.807, 2.05) is 42.5 Å². The van der Waals surface area contributed by atoms with E-state index >= 15 is 0 Å². The summed E-state index contributed by atoms with van der Waals surface area (Å²) in [6, 6.07) is 13.4. The summed E-state index contributed by atoms with van der Waals surface area (Å²) >= 11 is 0. The molecule has 1 N–H and O–H groups in total. The topological polar surface area (TPSA) is 58.2 Å². The van der Waals surface area contributed by atoms with Crippen molar-refractivity contribution in [2.24, 2.45) is 0 Å². The van der Waals surface area contributed by atoms with E-state index in [1.54, 1.807) is 0 Å². The zero-order valence-electron chi connectivity index (χ0n) is 14.6. The first-order chi connectivity index (χ1) is 12.9. The molecule has 138 valence electrons. The van der Waals surface area contributed by atoms with Gasteiger partial charge in [0.2, 0.25) is 6.79 Å². The van der Waals surface area contributed by atoms with E-state index in [0.29, 0.717) is 13.2 Å². The van der Waals surface area contributed by atoms with Gasteiger partial charge in [-0.2, -0.15) is 0 Å². The molecule has 0 amide bonds. The van der Waals surface area contributed by atoms with Gasteiger partial charge in [0.15, 0.2) is 23.0 Å². The third-order valence-corrected chi connectivity index (χ3v) is 4.30. The van der Waals surface area contributed by atoms with Crippen LogP contribution in [-0.4, -0.2) is 39.2 Å². The quantitative estimate of drug-likeness (QED) is 0.733. The molecule has 4 rings (SSSR count). The van der Waals surface area contributed by atoms with Gasteiger partial charge in [-0.15, -0.1) is 0 Å². The Bertz CT molecular complexity index is 736. The van der Waals surface area contributed by atoms with Crippen molar-refractivity contribution in [3.05, 3.63) is 42.5 Å². The van der Waals surface area contributed by atoms with Gasteiger partial charge in [-0.05, 0) is 43.7 Å². The molecule has 6 heteroatoms. The largest absolute Gasteiger partial charge is 0.493 e. The number of hydrogen-bond donors (Lipinski definition) is 1. The Hall–Kier alpha value is -2.60. The molecule has 2 aliphatic heterocycles. The van der Waals surface area contributed by atoms with Gasteiger partial charge in [0.05, 0.1) is 6.61 Å². The van der Waals surface area contributed by atoms with E-state index in [1.165, 1.54) is 0 Å². The number of rotatable bonds is 8. The lowest BCUT2D eigenvalue weighted by atomic mass is 10.2. The van der Waals surface area contributed by atoms with E-state index < -0.39 is 0 Å². The van der Waals surface area contributed by atoms with Crippen molar-refractivity contribution >= 4 is 0 Å². The van der Waals surface area contributed by atoms with Crippen LogP contribution in [0.15, 0.2) is 42.5 Å². The highest BCUT2D eigenvalue weighted by Gasteiger charge is 2.19. The molecule has 0 aromatic heterocycles. The smallest absolute Gasteiger partial charge is 0.231 e. The number of nitrogens with one attached hydrogen (secondary N) is 1. The zero-order chi connectivity index (χ0) is 17.6. The molecule has 0 fully saturated rings. The van der Waals surface area contributed by atoms with E-state index in [4.69, 9.17) is 23.7 Å². The summed E-state index contributed by atoms with van der Waals surface area (Å²) in [5.74, 6) is 3.99. The molecule has 6 nitrogen and oxygen atoms in total. The predicted octanol–water partition coefficient (Wildman–Crippen LogP) is 3.00. The Kier molecular flexibility index (Phi) is 5.30. The lowest BCUT2D eigenvalue weighted by molar-refractivity contribution is 0.0904. The molecule has 1 atom stereocenters. The van der Waals surface area contributed by atoms with Gasteiger partial charge >= 0.3 is 0 Å². The monoisotopic (exact) mass is 357 g/mol. The normalized spacial score (nSPS) is 17.2. The van der Waals surface area contributed by atoms with Crippen LogP contribution < -0.4 is 29.0 Å². The highest BCUT2D eigenvalue weighted by molar-refractivity contribution is 5.46. The number of hydrogen-bond acceptors (Lipinski definition) is 6. The Morgan fingerprint density at radius 1 is 0.923 bits per heavy atom. The van der Waals surface area contributed by atoms with Gasteiger partial charge < -0.3 is 29.0 Å². The molecule has 2 heterocycles. The second-order valence-electron chi connectivity index (χ2n) is 6.27. The maximum atomic E-state index is 5.92. The molecule has 0 aliphatic carbocycles. The molecule has 0 bridgehead atoms. The Balaban J connectivity index is 1.08. The van der Waals surface area contributed by atoms with E-state index in [9.17, 15) is 0 Å². The van der Waals surface area contributed by atoms with Crippen LogP contribution in [0.5, 0.6) is 28.7 Å². The number of unbranched alkanes of at least 4 members (excludes halogenated alkanes) is 1. The predicted molar refractivity (Wildman–Crippen MR) is 96.5 cm³/mol. The summed E-state index contributed by atoms with van der Waals surface area (Å²) in [4.78, 5) is 0. The minimum Gasteiger partial charge on any atom is -0.493 e. The van der Waals surface area contributed by atoms with Crippen LogP contribution in [0.1, 0.15) is 12.8 Å². The van der Waals surface area contributed by atoms with Crippen LogP contribution in [0.25, 0.3) is 0 Å². The maximum absolute atomic E-state index is 5.92. The first kappa shape index (κ1) is 16.8. The summed E-state index contributed by atoms with van der Waals surface area (Å²) in [6.07, 6.45) is 2.07. The first-order valence-corrected chi connectivity index (χ1v) is 9.00. The Morgan fingerprint density at radius 3 is 2.73 bits per heavy atom. The molecular weight excluding hydrogens is 334 g/mol. The van der Waals surface area contributed by atoms with Crippen molar-refractivity contribution < 1.29 is 23.7 Å². The lowest BCUT2D eigenvalue weighted by Gasteiger charge is -2.26. The molecular formula is C20H23NO5. The maximum Gasteiger partial charge on any atom is 0.231 e. The first-order valence-electron chi connectivity index (χ1n) is 9.00. The van der Waals surface area contributed by atoms with Crippen LogP contribution in [0.4, 0.5) is 0 Å². The fourth-order valence-electron chi connectivity index (χ4n) is 2.94. The fraction of sp³-hybridized carbons (Fsp3) is 0.400. The number of para-hydroxylation sites is 2. The number of ether oxygens (including phenoxy) is 5. The minimum absolute atomic E-state index is 0.0507. The standard InChI is InChI=1S/C20H23NO5/c1-2-6-19-17(5-1)23-13-16(26-19)12-21-9-3-4-10-22-15-7-8-18-20(11-15)25-14-24-18/h1-2,5-8,11,16,21H,3-4,9-10,12-14H2. The van der Waals surface area contributed by atoms with Gasteiger partial charge in [0.1, 0.15) is 18.5 Å². The van der Waals surface area contributed by atoms with Crippen molar-refractivity contribution in [2.45, 2.75) is 18.9 Å².